The number of benzene rings is 2. The molecule has 148 valence electrons. The number of ether oxygens (including phenoxy) is 1. The molecule has 0 aliphatic carbocycles. The van der Waals surface area contributed by atoms with Gasteiger partial charge in [0.25, 0.3) is 5.91 Å². The van der Waals surface area contributed by atoms with Crippen LogP contribution in [0.3, 0.4) is 0 Å². The number of rotatable bonds is 5. The maximum atomic E-state index is 12.2. The Morgan fingerprint density at radius 2 is 1.87 bits per heavy atom. The van der Waals surface area contributed by atoms with Crippen molar-refractivity contribution in [2.45, 2.75) is 13.3 Å². The molecule has 0 fully saturated rings. The first kappa shape index (κ1) is 18.1. The van der Waals surface area contributed by atoms with E-state index < -0.39 is 5.91 Å². The van der Waals surface area contributed by atoms with E-state index >= 15 is 0 Å². The first-order valence-electron chi connectivity index (χ1n) is 9.89. The van der Waals surface area contributed by atoms with Crippen LogP contribution in [0.1, 0.15) is 34.8 Å². The summed E-state index contributed by atoms with van der Waals surface area (Å²) < 4.78 is 7.49. The van der Waals surface area contributed by atoms with Crippen molar-refractivity contribution in [3.63, 3.8) is 0 Å². The first-order valence-corrected chi connectivity index (χ1v) is 9.89. The number of primary amides is 1. The minimum absolute atomic E-state index is 0.384. The van der Waals surface area contributed by atoms with Gasteiger partial charge >= 0.3 is 0 Å². The normalized spacial score (nSPS) is 12.2. The van der Waals surface area contributed by atoms with Gasteiger partial charge in [-0.1, -0.05) is 25.1 Å². The Bertz CT molecular complexity index is 1300. The van der Waals surface area contributed by atoms with E-state index in [-0.39, 0.29) is 0 Å². The number of carbonyl (C=O) groups is 1. The number of hydrogen-bond donors (Lipinski definition) is 1. The topological polar surface area (TPSA) is 82.0 Å². The van der Waals surface area contributed by atoms with Crippen LogP contribution in [-0.2, 0) is 0 Å². The average molecular weight is 396 g/mol. The highest BCUT2D eigenvalue weighted by atomic mass is 16.5. The third kappa shape index (κ3) is 2.85. The number of amides is 1. The van der Waals surface area contributed by atoms with Crippen LogP contribution in [0.5, 0.6) is 5.75 Å². The van der Waals surface area contributed by atoms with Crippen molar-refractivity contribution >= 4 is 22.8 Å². The lowest BCUT2D eigenvalue weighted by atomic mass is 9.96. The summed E-state index contributed by atoms with van der Waals surface area (Å²) in [5.74, 6) is 0.318. The van der Waals surface area contributed by atoms with Crippen LogP contribution in [0, 0.1) is 0 Å². The van der Waals surface area contributed by atoms with Crippen LogP contribution in [-0.4, -0.2) is 27.8 Å². The monoisotopic (exact) mass is 396 g/mol. The molecule has 3 heterocycles. The number of aliphatic imine (C=N–C) groups is 1. The van der Waals surface area contributed by atoms with Crippen molar-refractivity contribution in [3.05, 3.63) is 83.7 Å². The molecule has 0 spiro atoms. The Labute approximate surface area is 173 Å². The Morgan fingerprint density at radius 3 is 2.63 bits per heavy atom. The fourth-order valence-electron chi connectivity index (χ4n) is 3.84. The smallest absolute Gasteiger partial charge is 0.251 e. The van der Waals surface area contributed by atoms with E-state index in [1.54, 1.807) is 4.52 Å². The van der Waals surface area contributed by atoms with Gasteiger partial charge in [0.15, 0.2) is 0 Å². The Hall–Kier alpha value is -3.93. The molecule has 1 amide bonds. The molecule has 0 saturated carbocycles. The molecule has 1 aliphatic heterocycles. The second kappa shape index (κ2) is 7.15. The summed E-state index contributed by atoms with van der Waals surface area (Å²) in [6, 6.07) is 17.7. The minimum Gasteiger partial charge on any atom is -0.494 e. The molecule has 0 saturated heterocycles. The molecular formula is C24H20N4O2. The molecule has 0 radical (unpaired) electrons. The zero-order chi connectivity index (χ0) is 20.7. The number of carbonyl (C=O) groups excluding carboxylic acids is 1. The van der Waals surface area contributed by atoms with Gasteiger partial charge in [-0.05, 0) is 42.8 Å². The Kier molecular flexibility index (Phi) is 4.32. The van der Waals surface area contributed by atoms with E-state index in [1.807, 2.05) is 60.8 Å². The lowest BCUT2D eigenvalue weighted by molar-refractivity contribution is 0.100. The summed E-state index contributed by atoms with van der Waals surface area (Å²) in [4.78, 5) is 17.2. The third-order valence-corrected chi connectivity index (χ3v) is 5.21. The molecule has 30 heavy (non-hydrogen) atoms. The van der Waals surface area contributed by atoms with Crippen molar-refractivity contribution in [2.75, 3.05) is 6.61 Å². The number of para-hydroxylation sites is 1. The van der Waals surface area contributed by atoms with Gasteiger partial charge in [0.2, 0.25) is 0 Å². The summed E-state index contributed by atoms with van der Waals surface area (Å²) in [5.41, 5.74) is 12.0. The maximum absolute atomic E-state index is 12.2. The SMILES string of the molecule is CCCOc1ccc(C2=Nc3ccccc3-c3c(C(N)=O)cnn4ccc2c34)cc1. The second-order valence-electron chi connectivity index (χ2n) is 7.17. The minimum atomic E-state index is -0.511. The molecule has 2 aromatic heterocycles. The highest BCUT2D eigenvalue weighted by Gasteiger charge is 2.25. The molecule has 4 aromatic rings. The summed E-state index contributed by atoms with van der Waals surface area (Å²) in [5, 5.41) is 4.40. The van der Waals surface area contributed by atoms with Gasteiger partial charge < -0.3 is 10.5 Å². The van der Waals surface area contributed by atoms with Gasteiger partial charge in [-0.3, -0.25) is 4.79 Å². The van der Waals surface area contributed by atoms with Gasteiger partial charge in [-0.15, -0.1) is 0 Å². The molecule has 1 aliphatic rings. The number of nitrogens with zero attached hydrogens (tertiary/aromatic N) is 3. The predicted octanol–water partition coefficient (Wildman–Crippen LogP) is 4.37. The molecule has 5 rings (SSSR count). The van der Waals surface area contributed by atoms with Crippen molar-refractivity contribution in [1.82, 2.24) is 9.61 Å². The van der Waals surface area contributed by atoms with Crippen LogP contribution in [0.4, 0.5) is 5.69 Å². The summed E-state index contributed by atoms with van der Waals surface area (Å²) in [6.07, 6.45) is 4.36. The van der Waals surface area contributed by atoms with Crippen LogP contribution < -0.4 is 10.5 Å². The zero-order valence-electron chi connectivity index (χ0n) is 16.5. The average Bonchev–Trinajstić information content (AvgIpc) is 3.13. The van der Waals surface area contributed by atoms with Crippen molar-refractivity contribution in [3.8, 4) is 16.9 Å². The Morgan fingerprint density at radius 1 is 1.07 bits per heavy atom. The molecule has 0 atom stereocenters. The highest BCUT2D eigenvalue weighted by molar-refractivity contribution is 6.22. The summed E-state index contributed by atoms with van der Waals surface area (Å²) >= 11 is 0. The third-order valence-electron chi connectivity index (χ3n) is 5.21. The predicted molar refractivity (Wildman–Crippen MR) is 117 cm³/mol. The van der Waals surface area contributed by atoms with E-state index in [0.29, 0.717) is 12.2 Å². The largest absolute Gasteiger partial charge is 0.494 e. The van der Waals surface area contributed by atoms with Crippen molar-refractivity contribution in [2.24, 2.45) is 10.7 Å². The van der Waals surface area contributed by atoms with Gasteiger partial charge in [0, 0.05) is 28.5 Å². The van der Waals surface area contributed by atoms with E-state index in [9.17, 15) is 4.79 Å². The molecule has 0 bridgehead atoms. The van der Waals surface area contributed by atoms with Crippen molar-refractivity contribution < 1.29 is 9.53 Å². The van der Waals surface area contributed by atoms with Crippen LogP contribution in [0.15, 0.2) is 72.0 Å². The van der Waals surface area contributed by atoms with Crippen LogP contribution in [0.2, 0.25) is 0 Å². The van der Waals surface area contributed by atoms with Crippen LogP contribution in [0.25, 0.3) is 16.6 Å². The van der Waals surface area contributed by atoms with Gasteiger partial charge in [0.1, 0.15) is 5.75 Å². The Balaban J connectivity index is 1.77. The van der Waals surface area contributed by atoms with E-state index in [2.05, 4.69) is 12.0 Å². The lowest BCUT2D eigenvalue weighted by Gasteiger charge is -2.10. The summed E-state index contributed by atoms with van der Waals surface area (Å²) in [6.45, 7) is 2.76. The van der Waals surface area contributed by atoms with Gasteiger partial charge in [-0.2, -0.15) is 5.10 Å². The molecular weight excluding hydrogens is 376 g/mol. The molecule has 2 aromatic carbocycles. The molecule has 6 heteroatoms. The number of hydrogen-bond acceptors (Lipinski definition) is 4. The number of aromatic nitrogens is 2. The maximum Gasteiger partial charge on any atom is 0.251 e. The van der Waals surface area contributed by atoms with Gasteiger partial charge in [0.05, 0.1) is 35.3 Å². The van der Waals surface area contributed by atoms with E-state index in [4.69, 9.17) is 15.5 Å². The van der Waals surface area contributed by atoms with Crippen molar-refractivity contribution in [1.29, 1.82) is 0 Å². The molecule has 2 N–H and O–H groups in total. The fraction of sp³-hybridized carbons (Fsp3) is 0.125. The highest BCUT2D eigenvalue weighted by Crippen LogP contribution is 2.40. The van der Waals surface area contributed by atoms with E-state index in [0.717, 1.165) is 51.3 Å². The zero-order valence-corrected chi connectivity index (χ0v) is 16.5. The second-order valence-corrected chi connectivity index (χ2v) is 7.17. The standard InChI is InChI=1S/C24H20N4O2/c1-2-13-30-16-9-7-15(8-10-16)22-18-11-12-28-23(18)21(19(14-26-28)24(25)29)17-5-3-4-6-20(17)27-22/h3-12,14H,2,13H2,1H3,(H2,25,29). The number of nitrogens with two attached hydrogens (primary N) is 1. The molecule has 6 nitrogen and oxygen atoms in total. The first-order chi connectivity index (χ1) is 14.7. The number of fused-ring (bicyclic) bond motifs is 2. The van der Waals surface area contributed by atoms with E-state index in [1.165, 1.54) is 6.20 Å². The van der Waals surface area contributed by atoms with Gasteiger partial charge in [-0.25, -0.2) is 9.51 Å². The lowest BCUT2D eigenvalue weighted by Crippen LogP contribution is -2.14. The quantitative estimate of drug-likeness (QED) is 0.479. The fourth-order valence-corrected chi connectivity index (χ4v) is 3.84. The summed E-state index contributed by atoms with van der Waals surface area (Å²) in [7, 11) is 0. The molecule has 0 unspecified atom stereocenters. The van der Waals surface area contributed by atoms with Crippen LogP contribution >= 0.6 is 0 Å².